The SMILES string of the molecule is COc1ccc(C(=O)Nc2cccc(CNCCc3c(C)nn(C)c3C)c2)cc1. The van der Waals surface area contributed by atoms with Crippen molar-refractivity contribution >= 4 is 11.6 Å². The van der Waals surface area contributed by atoms with E-state index in [1.165, 1.54) is 11.3 Å². The van der Waals surface area contributed by atoms with E-state index in [9.17, 15) is 4.79 Å². The number of aryl methyl sites for hydroxylation is 2. The molecular weight excluding hydrogens is 364 g/mol. The van der Waals surface area contributed by atoms with Gasteiger partial charge in [0.2, 0.25) is 0 Å². The highest BCUT2D eigenvalue weighted by Gasteiger charge is 2.09. The van der Waals surface area contributed by atoms with Crippen molar-refractivity contribution in [3.63, 3.8) is 0 Å². The highest BCUT2D eigenvalue weighted by atomic mass is 16.5. The van der Waals surface area contributed by atoms with Crippen molar-refractivity contribution in [3.8, 4) is 5.75 Å². The molecule has 0 fully saturated rings. The van der Waals surface area contributed by atoms with Crippen molar-refractivity contribution in [1.82, 2.24) is 15.1 Å². The number of hydrogen-bond donors (Lipinski definition) is 2. The first-order chi connectivity index (χ1) is 14.0. The minimum Gasteiger partial charge on any atom is -0.497 e. The molecule has 0 radical (unpaired) electrons. The minimum absolute atomic E-state index is 0.139. The summed E-state index contributed by atoms with van der Waals surface area (Å²) in [5.41, 5.74) is 6.11. The van der Waals surface area contributed by atoms with Crippen LogP contribution in [-0.4, -0.2) is 29.3 Å². The number of carbonyl (C=O) groups is 1. The second kappa shape index (κ2) is 9.39. The molecule has 0 unspecified atom stereocenters. The first-order valence-electron chi connectivity index (χ1n) is 9.72. The predicted molar refractivity (Wildman–Crippen MR) is 115 cm³/mol. The van der Waals surface area contributed by atoms with Gasteiger partial charge in [-0.25, -0.2) is 0 Å². The molecule has 0 atom stereocenters. The zero-order chi connectivity index (χ0) is 20.8. The van der Waals surface area contributed by atoms with Crippen molar-refractivity contribution in [2.45, 2.75) is 26.8 Å². The standard InChI is InChI=1S/C23H28N4O2/c1-16-22(17(2)27(3)26-16)12-13-24-15-18-6-5-7-20(14-18)25-23(28)19-8-10-21(29-4)11-9-19/h5-11,14,24H,12-13,15H2,1-4H3,(H,25,28). The Hall–Kier alpha value is -3.12. The van der Waals surface area contributed by atoms with E-state index in [0.717, 1.165) is 42.2 Å². The molecule has 0 aliphatic heterocycles. The summed E-state index contributed by atoms with van der Waals surface area (Å²) in [6.07, 6.45) is 0.944. The Kier molecular flexibility index (Phi) is 6.67. The molecule has 1 heterocycles. The molecule has 152 valence electrons. The van der Waals surface area contributed by atoms with Crippen molar-refractivity contribution in [3.05, 3.63) is 76.6 Å². The number of nitrogens with one attached hydrogen (secondary N) is 2. The van der Waals surface area contributed by atoms with Crippen molar-refractivity contribution in [2.75, 3.05) is 19.0 Å². The van der Waals surface area contributed by atoms with Gasteiger partial charge in [0.15, 0.2) is 0 Å². The van der Waals surface area contributed by atoms with Crippen LogP contribution in [0.15, 0.2) is 48.5 Å². The van der Waals surface area contributed by atoms with E-state index >= 15 is 0 Å². The van der Waals surface area contributed by atoms with Crippen molar-refractivity contribution in [2.24, 2.45) is 7.05 Å². The van der Waals surface area contributed by atoms with Crippen LogP contribution in [0.1, 0.15) is 32.9 Å². The number of carbonyl (C=O) groups excluding carboxylic acids is 1. The molecule has 0 aliphatic rings. The molecule has 29 heavy (non-hydrogen) atoms. The van der Waals surface area contributed by atoms with Gasteiger partial charge in [-0.1, -0.05) is 12.1 Å². The molecule has 2 N–H and O–H groups in total. The Labute approximate surface area is 171 Å². The number of rotatable bonds is 8. The molecule has 0 saturated carbocycles. The molecule has 3 aromatic rings. The van der Waals surface area contributed by atoms with Crippen LogP contribution in [0, 0.1) is 13.8 Å². The monoisotopic (exact) mass is 392 g/mol. The second-order valence-corrected chi connectivity index (χ2v) is 7.08. The first kappa shape index (κ1) is 20.6. The van der Waals surface area contributed by atoms with E-state index < -0.39 is 0 Å². The van der Waals surface area contributed by atoms with Gasteiger partial charge < -0.3 is 15.4 Å². The third-order valence-electron chi connectivity index (χ3n) is 5.08. The average Bonchev–Trinajstić information content (AvgIpc) is 2.97. The fraction of sp³-hybridized carbons (Fsp3) is 0.304. The van der Waals surface area contributed by atoms with Crippen LogP contribution >= 0.6 is 0 Å². The maximum Gasteiger partial charge on any atom is 0.255 e. The van der Waals surface area contributed by atoms with E-state index in [0.29, 0.717) is 5.56 Å². The maximum absolute atomic E-state index is 12.4. The van der Waals surface area contributed by atoms with Gasteiger partial charge in [0.05, 0.1) is 12.8 Å². The largest absolute Gasteiger partial charge is 0.497 e. The lowest BCUT2D eigenvalue weighted by atomic mass is 10.1. The summed E-state index contributed by atoms with van der Waals surface area (Å²) in [7, 11) is 3.58. The topological polar surface area (TPSA) is 68.2 Å². The number of nitrogens with zero attached hydrogens (tertiary/aromatic N) is 2. The molecule has 1 aromatic heterocycles. The lowest BCUT2D eigenvalue weighted by Crippen LogP contribution is -2.17. The predicted octanol–water partition coefficient (Wildman–Crippen LogP) is 3.63. The van der Waals surface area contributed by atoms with E-state index in [4.69, 9.17) is 4.74 Å². The molecular formula is C23H28N4O2. The molecule has 1 amide bonds. The zero-order valence-corrected chi connectivity index (χ0v) is 17.5. The van der Waals surface area contributed by atoms with Gasteiger partial charge in [-0.3, -0.25) is 9.48 Å². The number of hydrogen-bond acceptors (Lipinski definition) is 4. The number of amides is 1. The Morgan fingerprint density at radius 2 is 1.90 bits per heavy atom. The van der Waals surface area contributed by atoms with Crippen LogP contribution in [0.2, 0.25) is 0 Å². The Balaban J connectivity index is 1.53. The highest BCUT2D eigenvalue weighted by Crippen LogP contribution is 2.16. The molecule has 2 aromatic carbocycles. The number of benzene rings is 2. The normalized spacial score (nSPS) is 10.8. The molecule has 3 rings (SSSR count). The van der Waals surface area contributed by atoms with Gasteiger partial charge in [0, 0.05) is 30.5 Å². The van der Waals surface area contributed by atoms with Gasteiger partial charge in [-0.15, -0.1) is 0 Å². The third-order valence-corrected chi connectivity index (χ3v) is 5.08. The van der Waals surface area contributed by atoms with Gasteiger partial charge in [-0.05, 0) is 74.3 Å². The number of ether oxygens (including phenoxy) is 1. The van der Waals surface area contributed by atoms with E-state index in [2.05, 4.69) is 35.6 Å². The van der Waals surface area contributed by atoms with Crippen LogP contribution in [0.3, 0.4) is 0 Å². The Bertz CT molecular complexity index is 977. The molecule has 0 bridgehead atoms. The average molecular weight is 393 g/mol. The summed E-state index contributed by atoms with van der Waals surface area (Å²) >= 11 is 0. The number of aromatic nitrogens is 2. The minimum atomic E-state index is -0.139. The summed E-state index contributed by atoms with van der Waals surface area (Å²) in [6, 6.07) is 15.0. The Morgan fingerprint density at radius 1 is 1.14 bits per heavy atom. The first-order valence-corrected chi connectivity index (χ1v) is 9.72. The lowest BCUT2D eigenvalue weighted by molar-refractivity contribution is 0.102. The maximum atomic E-state index is 12.4. The number of anilines is 1. The summed E-state index contributed by atoms with van der Waals surface area (Å²) in [4.78, 5) is 12.4. The molecule has 0 aliphatic carbocycles. The zero-order valence-electron chi connectivity index (χ0n) is 17.5. The molecule has 0 spiro atoms. The Morgan fingerprint density at radius 3 is 2.55 bits per heavy atom. The van der Waals surface area contributed by atoms with Crippen molar-refractivity contribution < 1.29 is 9.53 Å². The van der Waals surface area contributed by atoms with Crippen LogP contribution in [0.4, 0.5) is 5.69 Å². The molecule has 0 saturated heterocycles. The molecule has 6 heteroatoms. The van der Waals surface area contributed by atoms with Crippen LogP contribution in [0.25, 0.3) is 0 Å². The summed E-state index contributed by atoms with van der Waals surface area (Å²) in [5, 5.41) is 10.9. The molecule has 6 nitrogen and oxygen atoms in total. The summed E-state index contributed by atoms with van der Waals surface area (Å²) < 4.78 is 7.06. The van der Waals surface area contributed by atoms with Crippen molar-refractivity contribution in [1.29, 1.82) is 0 Å². The van der Waals surface area contributed by atoms with Crippen LogP contribution in [0.5, 0.6) is 5.75 Å². The second-order valence-electron chi connectivity index (χ2n) is 7.08. The van der Waals surface area contributed by atoms with Gasteiger partial charge in [0.1, 0.15) is 5.75 Å². The van der Waals surface area contributed by atoms with Gasteiger partial charge >= 0.3 is 0 Å². The third kappa shape index (κ3) is 5.23. The van der Waals surface area contributed by atoms with Gasteiger partial charge in [0.25, 0.3) is 5.91 Å². The van der Waals surface area contributed by atoms with E-state index in [1.54, 1.807) is 31.4 Å². The number of methoxy groups -OCH3 is 1. The van der Waals surface area contributed by atoms with Gasteiger partial charge in [-0.2, -0.15) is 5.10 Å². The van der Waals surface area contributed by atoms with Crippen LogP contribution < -0.4 is 15.4 Å². The van der Waals surface area contributed by atoms with E-state index in [-0.39, 0.29) is 5.91 Å². The summed E-state index contributed by atoms with van der Waals surface area (Å²) in [5.74, 6) is 0.589. The highest BCUT2D eigenvalue weighted by molar-refractivity contribution is 6.04. The summed E-state index contributed by atoms with van der Waals surface area (Å²) in [6.45, 7) is 5.77. The van der Waals surface area contributed by atoms with Crippen LogP contribution in [-0.2, 0) is 20.0 Å². The quantitative estimate of drug-likeness (QED) is 0.575. The lowest BCUT2D eigenvalue weighted by Gasteiger charge is -2.09. The fourth-order valence-electron chi connectivity index (χ4n) is 3.33. The fourth-order valence-corrected chi connectivity index (χ4v) is 3.33. The smallest absolute Gasteiger partial charge is 0.255 e. The van der Waals surface area contributed by atoms with E-state index in [1.807, 2.05) is 29.9 Å².